The average Bonchev–Trinajstić information content (AvgIpc) is 2.99. The summed E-state index contributed by atoms with van der Waals surface area (Å²) in [6.45, 7) is 0.623. The lowest BCUT2D eigenvalue weighted by atomic mass is 9.95. The van der Waals surface area contributed by atoms with Gasteiger partial charge in [-0.15, -0.1) is 11.3 Å². The molecule has 0 aromatic carbocycles. The Morgan fingerprint density at radius 3 is 2.71 bits per heavy atom. The quantitative estimate of drug-likeness (QED) is 0.752. The molecule has 3 N–H and O–H groups in total. The van der Waals surface area contributed by atoms with Crippen molar-refractivity contribution in [2.45, 2.75) is 44.6 Å². The summed E-state index contributed by atoms with van der Waals surface area (Å²) < 4.78 is 0. The van der Waals surface area contributed by atoms with Crippen molar-refractivity contribution in [3.05, 3.63) is 22.4 Å². The highest BCUT2D eigenvalue weighted by Gasteiger charge is 2.15. The first-order valence-corrected chi connectivity index (χ1v) is 8.45. The molecule has 0 radical (unpaired) electrons. The van der Waals surface area contributed by atoms with Crippen molar-refractivity contribution in [3.8, 4) is 0 Å². The van der Waals surface area contributed by atoms with Crippen LogP contribution in [0.4, 0.5) is 4.79 Å². The van der Waals surface area contributed by atoms with Gasteiger partial charge >= 0.3 is 6.03 Å². The molecule has 5 nitrogen and oxygen atoms in total. The Labute approximate surface area is 129 Å². The predicted octanol–water partition coefficient (Wildman–Crippen LogP) is 2.04. The number of carbonyl (C=O) groups excluding carboxylic acids is 2. The van der Waals surface area contributed by atoms with Gasteiger partial charge in [0.25, 0.3) is 0 Å². The van der Waals surface area contributed by atoms with Crippen LogP contribution in [0.1, 0.15) is 37.0 Å². The Morgan fingerprint density at radius 2 is 2.00 bits per heavy atom. The number of urea groups is 1. The maximum absolute atomic E-state index is 11.7. The minimum absolute atomic E-state index is 0.0430. The van der Waals surface area contributed by atoms with E-state index in [1.165, 1.54) is 24.1 Å². The first-order chi connectivity index (χ1) is 10.2. The van der Waals surface area contributed by atoms with Gasteiger partial charge in [-0.05, 0) is 30.7 Å². The molecular formula is C15H23N3O2S. The third-order valence-corrected chi connectivity index (χ3v) is 4.55. The molecule has 0 unspecified atom stereocenters. The molecule has 3 amide bonds. The number of hydrogen-bond acceptors (Lipinski definition) is 3. The van der Waals surface area contributed by atoms with Crippen LogP contribution in [0.2, 0.25) is 0 Å². The van der Waals surface area contributed by atoms with E-state index in [4.69, 9.17) is 0 Å². The number of nitrogens with one attached hydrogen (secondary N) is 3. The fourth-order valence-electron chi connectivity index (χ4n) is 2.50. The highest BCUT2D eigenvalue weighted by atomic mass is 32.1. The van der Waals surface area contributed by atoms with E-state index in [1.54, 1.807) is 11.3 Å². The van der Waals surface area contributed by atoms with E-state index in [0.29, 0.717) is 6.54 Å². The lowest BCUT2D eigenvalue weighted by Crippen LogP contribution is -2.45. The van der Waals surface area contributed by atoms with E-state index in [9.17, 15) is 9.59 Å². The Balaban J connectivity index is 1.54. The molecule has 0 aliphatic heterocycles. The summed E-state index contributed by atoms with van der Waals surface area (Å²) >= 11 is 1.68. The fraction of sp³-hybridized carbons (Fsp3) is 0.600. The van der Waals surface area contributed by atoms with Crippen molar-refractivity contribution in [1.82, 2.24) is 16.0 Å². The maximum atomic E-state index is 11.7. The van der Waals surface area contributed by atoms with Gasteiger partial charge in [-0.3, -0.25) is 4.79 Å². The second-order valence-electron chi connectivity index (χ2n) is 5.34. The minimum atomic E-state index is -0.287. The summed E-state index contributed by atoms with van der Waals surface area (Å²) in [7, 11) is 0. The summed E-state index contributed by atoms with van der Waals surface area (Å²) in [5.41, 5.74) is 0. The number of thiophene rings is 1. The van der Waals surface area contributed by atoms with Crippen molar-refractivity contribution >= 4 is 23.3 Å². The summed E-state index contributed by atoms with van der Waals surface area (Å²) in [5, 5.41) is 10.3. The average molecular weight is 309 g/mol. The second-order valence-corrected chi connectivity index (χ2v) is 6.37. The number of rotatable bonds is 6. The lowest BCUT2D eigenvalue weighted by molar-refractivity contribution is -0.121. The molecule has 21 heavy (non-hydrogen) atoms. The number of amides is 3. The Kier molecular flexibility index (Phi) is 6.53. The van der Waals surface area contributed by atoms with E-state index < -0.39 is 0 Å². The molecule has 0 bridgehead atoms. The molecule has 1 aliphatic rings. The van der Waals surface area contributed by atoms with Crippen LogP contribution in [0, 0.1) is 0 Å². The van der Waals surface area contributed by atoms with Crippen LogP contribution in [0.15, 0.2) is 17.5 Å². The molecule has 1 aromatic heterocycles. The van der Waals surface area contributed by atoms with E-state index in [1.807, 2.05) is 17.5 Å². The van der Waals surface area contributed by atoms with Crippen molar-refractivity contribution in [2.24, 2.45) is 0 Å². The Hall–Kier alpha value is -1.56. The van der Waals surface area contributed by atoms with E-state index >= 15 is 0 Å². The lowest BCUT2D eigenvalue weighted by Gasteiger charge is -2.22. The number of carbonyl (C=O) groups is 2. The SMILES string of the molecule is O=C(CNC(=O)NCCc1cccs1)NC1CCCCC1. The molecule has 0 atom stereocenters. The molecule has 1 heterocycles. The van der Waals surface area contributed by atoms with Crippen molar-refractivity contribution in [2.75, 3.05) is 13.1 Å². The van der Waals surface area contributed by atoms with Gasteiger partial charge in [0.05, 0.1) is 6.54 Å². The second kappa shape index (κ2) is 8.67. The standard InChI is InChI=1S/C15H23N3O2S/c19-14(18-12-5-2-1-3-6-12)11-17-15(20)16-9-8-13-7-4-10-21-13/h4,7,10,12H,1-3,5-6,8-9,11H2,(H,18,19)(H2,16,17,20). The van der Waals surface area contributed by atoms with Gasteiger partial charge in [-0.25, -0.2) is 4.79 Å². The summed E-state index contributed by atoms with van der Waals surface area (Å²) in [6.07, 6.45) is 6.55. The van der Waals surface area contributed by atoms with Crippen LogP contribution in [-0.2, 0) is 11.2 Å². The highest BCUT2D eigenvalue weighted by Crippen LogP contribution is 2.17. The van der Waals surface area contributed by atoms with Gasteiger partial charge in [-0.2, -0.15) is 0 Å². The minimum Gasteiger partial charge on any atom is -0.352 e. The highest BCUT2D eigenvalue weighted by molar-refractivity contribution is 7.09. The van der Waals surface area contributed by atoms with Gasteiger partial charge in [0.2, 0.25) is 5.91 Å². The van der Waals surface area contributed by atoms with Gasteiger partial charge in [0, 0.05) is 17.5 Å². The van der Waals surface area contributed by atoms with Crippen molar-refractivity contribution in [1.29, 1.82) is 0 Å². The molecule has 0 saturated heterocycles. The molecule has 116 valence electrons. The van der Waals surface area contributed by atoms with Crippen LogP contribution in [0.3, 0.4) is 0 Å². The number of hydrogen-bond donors (Lipinski definition) is 3. The molecular weight excluding hydrogens is 286 g/mol. The third kappa shape index (κ3) is 6.16. The molecule has 1 fully saturated rings. The zero-order valence-corrected chi connectivity index (χ0v) is 13.0. The van der Waals surface area contributed by atoms with Crippen LogP contribution in [-0.4, -0.2) is 31.1 Å². The summed E-state index contributed by atoms with van der Waals surface area (Å²) in [5.74, 6) is -0.102. The molecule has 1 aliphatic carbocycles. The first-order valence-electron chi connectivity index (χ1n) is 7.57. The fourth-order valence-corrected chi connectivity index (χ4v) is 3.21. The molecule has 1 aromatic rings. The molecule has 0 spiro atoms. The van der Waals surface area contributed by atoms with Gasteiger partial charge in [0.15, 0.2) is 0 Å². The van der Waals surface area contributed by atoms with Crippen LogP contribution in [0.5, 0.6) is 0 Å². The van der Waals surface area contributed by atoms with Gasteiger partial charge < -0.3 is 16.0 Å². The molecule has 1 saturated carbocycles. The maximum Gasteiger partial charge on any atom is 0.315 e. The van der Waals surface area contributed by atoms with Crippen LogP contribution < -0.4 is 16.0 Å². The predicted molar refractivity (Wildman–Crippen MR) is 84.4 cm³/mol. The monoisotopic (exact) mass is 309 g/mol. The molecule has 6 heteroatoms. The van der Waals surface area contributed by atoms with E-state index in [-0.39, 0.29) is 24.5 Å². The topological polar surface area (TPSA) is 70.2 Å². The zero-order chi connectivity index (χ0) is 14.9. The summed E-state index contributed by atoms with van der Waals surface area (Å²) in [4.78, 5) is 24.5. The van der Waals surface area contributed by atoms with E-state index in [2.05, 4.69) is 16.0 Å². The van der Waals surface area contributed by atoms with Gasteiger partial charge in [-0.1, -0.05) is 25.3 Å². The van der Waals surface area contributed by atoms with Crippen LogP contribution in [0.25, 0.3) is 0 Å². The smallest absolute Gasteiger partial charge is 0.315 e. The third-order valence-electron chi connectivity index (χ3n) is 3.62. The van der Waals surface area contributed by atoms with Crippen LogP contribution >= 0.6 is 11.3 Å². The summed E-state index contributed by atoms with van der Waals surface area (Å²) in [6, 6.07) is 4.04. The van der Waals surface area contributed by atoms with E-state index in [0.717, 1.165) is 19.3 Å². The van der Waals surface area contributed by atoms with Gasteiger partial charge in [0.1, 0.15) is 0 Å². The van der Waals surface area contributed by atoms with Crippen molar-refractivity contribution < 1.29 is 9.59 Å². The van der Waals surface area contributed by atoms with Crippen molar-refractivity contribution in [3.63, 3.8) is 0 Å². The first kappa shape index (κ1) is 15.8. The normalized spacial score (nSPS) is 15.4. The molecule has 2 rings (SSSR count). The zero-order valence-electron chi connectivity index (χ0n) is 12.2. The Morgan fingerprint density at radius 1 is 1.19 bits per heavy atom. The largest absolute Gasteiger partial charge is 0.352 e. The Bertz CT molecular complexity index is 442.